The maximum atomic E-state index is 14.9. The van der Waals surface area contributed by atoms with Gasteiger partial charge < -0.3 is 13.8 Å². The molecule has 1 saturated carbocycles. The molecule has 1 aliphatic carbocycles. The highest BCUT2D eigenvalue weighted by atomic mass is 31.2. The van der Waals surface area contributed by atoms with Crippen LogP contribution in [0.25, 0.3) is 0 Å². The fourth-order valence-corrected chi connectivity index (χ4v) is 7.08. The first-order chi connectivity index (χ1) is 16.2. The van der Waals surface area contributed by atoms with Gasteiger partial charge in [-0.3, -0.25) is 4.57 Å². The maximum absolute atomic E-state index is 14.9. The van der Waals surface area contributed by atoms with E-state index in [0.29, 0.717) is 17.9 Å². The van der Waals surface area contributed by atoms with Crippen LogP contribution in [-0.2, 0) is 13.6 Å². The normalized spacial score (nSPS) is 19.5. The van der Waals surface area contributed by atoms with Gasteiger partial charge in [-0.1, -0.05) is 18.6 Å². The van der Waals surface area contributed by atoms with Crippen molar-refractivity contribution in [1.82, 2.24) is 0 Å². The minimum absolute atomic E-state index is 0.0455. The molecule has 200 valence electrons. The van der Waals surface area contributed by atoms with Gasteiger partial charge in [0.1, 0.15) is 0 Å². The van der Waals surface area contributed by atoms with Crippen molar-refractivity contribution in [2.24, 2.45) is 5.92 Å². The Balaban J connectivity index is 1.92. The molecule has 1 aromatic rings. The Labute approximate surface area is 211 Å². The zero-order valence-electron chi connectivity index (χ0n) is 22.5. The van der Waals surface area contributed by atoms with Crippen LogP contribution in [0.5, 0.6) is 5.75 Å². The number of benzene rings is 1. The minimum Gasteiger partial charge on any atom is -0.490 e. The van der Waals surface area contributed by atoms with Gasteiger partial charge in [0, 0.05) is 0 Å². The van der Waals surface area contributed by atoms with E-state index in [1.54, 1.807) is 6.07 Å². The third kappa shape index (κ3) is 10.3. The topological polar surface area (TPSA) is 44.8 Å². The first-order valence-corrected chi connectivity index (χ1v) is 14.7. The zero-order chi connectivity index (χ0) is 26.3. The lowest BCUT2D eigenvalue weighted by Gasteiger charge is -2.32. The first kappa shape index (κ1) is 30.0. The predicted octanol–water partition coefficient (Wildman–Crippen LogP) is 9.19. The van der Waals surface area contributed by atoms with Gasteiger partial charge in [-0.05, 0) is 110 Å². The summed E-state index contributed by atoms with van der Waals surface area (Å²) in [6.45, 7) is 14.7. The van der Waals surface area contributed by atoms with Crippen molar-refractivity contribution in [3.8, 4) is 5.75 Å². The number of rotatable bonds is 12. The van der Waals surface area contributed by atoms with Crippen molar-refractivity contribution in [2.75, 3.05) is 12.8 Å². The van der Waals surface area contributed by atoms with Crippen molar-refractivity contribution in [3.63, 3.8) is 0 Å². The molecule has 0 bridgehead atoms. The summed E-state index contributed by atoms with van der Waals surface area (Å²) < 4.78 is 60.0. The molecule has 0 N–H and O–H groups in total. The summed E-state index contributed by atoms with van der Waals surface area (Å²) in [5.41, 5.74) is -0.837. The Morgan fingerprint density at radius 2 is 1.57 bits per heavy atom. The molecule has 1 fully saturated rings. The number of hydrogen-bond donors (Lipinski definition) is 0. The second-order valence-corrected chi connectivity index (χ2v) is 13.7. The van der Waals surface area contributed by atoms with Crippen molar-refractivity contribution in [2.45, 2.75) is 110 Å². The molecule has 2 rings (SSSR count). The zero-order valence-corrected chi connectivity index (χ0v) is 23.4. The van der Waals surface area contributed by atoms with Gasteiger partial charge in [-0.25, -0.2) is 4.39 Å². The largest absolute Gasteiger partial charge is 0.490 e. The van der Waals surface area contributed by atoms with E-state index in [1.807, 2.05) is 47.6 Å². The molecular formula is C28H45F2O4P. The summed E-state index contributed by atoms with van der Waals surface area (Å²) in [6.07, 6.45) is 9.62. The van der Waals surface area contributed by atoms with Crippen molar-refractivity contribution < 1.29 is 27.1 Å². The third-order valence-electron chi connectivity index (χ3n) is 6.04. The van der Waals surface area contributed by atoms with Crippen LogP contribution in [0.4, 0.5) is 8.78 Å². The summed E-state index contributed by atoms with van der Waals surface area (Å²) in [4.78, 5) is 0. The van der Waals surface area contributed by atoms with E-state index < -0.39 is 30.4 Å². The summed E-state index contributed by atoms with van der Waals surface area (Å²) >= 11 is 0. The predicted molar refractivity (Wildman–Crippen MR) is 139 cm³/mol. The minimum atomic E-state index is -3.40. The Hall–Kier alpha value is -1.23. The van der Waals surface area contributed by atoms with Gasteiger partial charge in [0.05, 0.1) is 24.0 Å². The molecule has 0 saturated heterocycles. The molecule has 1 aromatic carbocycles. The molecule has 0 aromatic heterocycles. The molecule has 0 atom stereocenters. The summed E-state index contributed by atoms with van der Waals surface area (Å²) in [5, 5.41) is 0. The van der Waals surface area contributed by atoms with Gasteiger partial charge in [-0.15, -0.1) is 6.58 Å². The number of hydrogen-bond acceptors (Lipinski definition) is 4. The quantitative estimate of drug-likeness (QED) is 0.158. The van der Waals surface area contributed by atoms with Crippen LogP contribution in [0.1, 0.15) is 104 Å². The summed E-state index contributed by atoms with van der Waals surface area (Å²) in [5.74, 6) is -1.16. The molecule has 35 heavy (non-hydrogen) atoms. The molecule has 0 radical (unpaired) electrons. The van der Waals surface area contributed by atoms with Crippen molar-refractivity contribution in [3.05, 3.63) is 42.0 Å². The van der Waals surface area contributed by atoms with Crippen LogP contribution in [0, 0.1) is 17.6 Å². The van der Waals surface area contributed by atoms with Crippen molar-refractivity contribution >= 4 is 7.60 Å². The highest BCUT2D eigenvalue weighted by Gasteiger charge is 2.35. The van der Waals surface area contributed by atoms with Crippen LogP contribution in [0.15, 0.2) is 24.8 Å². The molecule has 0 heterocycles. The molecule has 1 aliphatic rings. The van der Waals surface area contributed by atoms with E-state index in [4.69, 9.17) is 13.8 Å². The van der Waals surface area contributed by atoms with Gasteiger partial charge >= 0.3 is 7.60 Å². The van der Waals surface area contributed by atoms with Gasteiger partial charge in [-0.2, -0.15) is 4.39 Å². The van der Waals surface area contributed by atoms with E-state index in [9.17, 15) is 13.3 Å². The standard InChI is InChI=1S/C28H45F2O4P/c1-8-9-10-12-21-13-15-22(16-14-21)23-17-18-24(26(30)25(23)29)32-19-11-20-35(31,33-27(2,3)4)34-28(5,6)7/h8,17-18,21-22H,1,9-16,19-20H2,2-7H3. The molecule has 0 aliphatic heterocycles. The van der Waals surface area contributed by atoms with E-state index in [-0.39, 0.29) is 24.4 Å². The van der Waals surface area contributed by atoms with E-state index in [1.165, 1.54) is 12.5 Å². The van der Waals surface area contributed by atoms with E-state index in [2.05, 4.69) is 6.58 Å². The van der Waals surface area contributed by atoms with Gasteiger partial charge in [0.25, 0.3) is 0 Å². The summed E-state index contributed by atoms with van der Waals surface area (Å²) in [6, 6.07) is 3.17. The lowest BCUT2D eigenvalue weighted by Crippen LogP contribution is -2.25. The SMILES string of the molecule is C=CCCCC1CCC(c2ccc(OCCCP(=O)(OC(C)(C)C)OC(C)(C)C)c(F)c2F)CC1. The third-order valence-corrected chi connectivity index (χ3v) is 8.56. The van der Waals surface area contributed by atoms with Crippen LogP contribution in [0.2, 0.25) is 0 Å². The van der Waals surface area contributed by atoms with Gasteiger partial charge in [0.15, 0.2) is 11.6 Å². The van der Waals surface area contributed by atoms with Gasteiger partial charge in [0.2, 0.25) is 5.82 Å². The molecule has 0 amide bonds. The highest BCUT2D eigenvalue weighted by Crippen LogP contribution is 2.54. The second-order valence-electron chi connectivity index (χ2n) is 11.7. The van der Waals surface area contributed by atoms with E-state index >= 15 is 0 Å². The second kappa shape index (κ2) is 12.8. The smallest absolute Gasteiger partial charge is 0.331 e. The fourth-order valence-electron chi connectivity index (χ4n) is 4.67. The van der Waals surface area contributed by atoms with Crippen LogP contribution >= 0.6 is 7.60 Å². The molecule has 0 spiro atoms. The Morgan fingerprint density at radius 1 is 0.971 bits per heavy atom. The highest BCUT2D eigenvalue weighted by molar-refractivity contribution is 7.53. The average Bonchev–Trinajstić information content (AvgIpc) is 2.72. The van der Waals surface area contributed by atoms with E-state index in [0.717, 1.165) is 38.5 Å². The number of halogens is 2. The monoisotopic (exact) mass is 514 g/mol. The number of unbranched alkanes of at least 4 members (excludes halogenated alkanes) is 1. The lowest BCUT2D eigenvalue weighted by molar-refractivity contribution is 0.0487. The van der Waals surface area contributed by atoms with Crippen LogP contribution in [-0.4, -0.2) is 24.0 Å². The Morgan fingerprint density at radius 3 is 2.11 bits per heavy atom. The maximum Gasteiger partial charge on any atom is 0.331 e. The number of ether oxygens (including phenoxy) is 1. The Bertz CT molecular complexity index is 845. The van der Waals surface area contributed by atoms with Crippen LogP contribution in [0.3, 0.4) is 0 Å². The molecule has 7 heteroatoms. The van der Waals surface area contributed by atoms with Crippen LogP contribution < -0.4 is 4.74 Å². The van der Waals surface area contributed by atoms with Crippen molar-refractivity contribution in [1.29, 1.82) is 0 Å². The molecular weight excluding hydrogens is 469 g/mol. The number of allylic oxidation sites excluding steroid dienone is 1. The molecule has 4 nitrogen and oxygen atoms in total. The lowest BCUT2D eigenvalue weighted by atomic mass is 9.77. The fraction of sp³-hybridized carbons (Fsp3) is 0.714. The Kier molecular flexibility index (Phi) is 11.0. The first-order valence-electron chi connectivity index (χ1n) is 13.0. The summed E-state index contributed by atoms with van der Waals surface area (Å²) in [7, 11) is -3.40. The molecule has 0 unspecified atom stereocenters. The average molecular weight is 515 g/mol.